The van der Waals surface area contributed by atoms with Crippen molar-refractivity contribution in [3.8, 4) is 145 Å². The Morgan fingerprint density at radius 2 is 0.588 bits per heavy atom. The molecule has 19 aromatic rings. The molecular formula is C107H72F6IrN5. The fourth-order valence-corrected chi connectivity index (χ4v) is 16.6. The average molecular weight is 1730 g/mol. The molecule has 0 bridgehead atoms. The van der Waals surface area contributed by atoms with Crippen molar-refractivity contribution in [3.63, 3.8) is 0 Å². The number of hydrogen-bond donors (Lipinski definition) is 0. The van der Waals surface area contributed by atoms with Gasteiger partial charge in [-0.05, 0) is 201 Å². The first kappa shape index (κ1) is 76.6. The second kappa shape index (κ2) is 30.8. The maximum Gasteiger partial charge on any atom is 3.00 e. The number of benzene rings is 14. The van der Waals surface area contributed by atoms with Crippen LogP contribution < -0.4 is 0 Å². The minimum absolute atomic E-state index is 0. The van der Waals surface area contributed by atoms with Gasteiger partial charge in [-0.25, -0.2) is 0 Å². The van der Waals surface area contributed by atoms with Crippen LogP contribution in [0, 0.1) is 18.2 Å². The quantitative estimate of drug-likeness (QED) is 0.0715. The van der Waals surface area contributed by atoms with Gasteiger partial charge >= 0.3 is 32.5 Å². The molecule has 576 valence electrons. The zero-order valence-corrected chi connectivity index (χ0v) is 67.4. The van der Waals surface area contributed by atoms with E-state index in [1.807, 2.05) is 146 Å². The van der Waals surface area contributed by atoms with Crippen molar-refractivity contribution >= 4 is 43.6 Å². The Bertz CT molecular complexity index is 6750. The van der Waals surface area contributed by atoms with Gasteiger partial charge in [0, 0.05) is 40.1 Å². The minimum Gasteiger partial charge on any atom is -0.326 e. The average Bonchev–Trinajstić information content (AvgIpc) is 1.67. The molecule has 0 saturated heterocycles. The second-order valence-electron chi connectivity index (χ2n) is 31.0. The molecule has 0 unspecified atom stereocenters. The molecule has 5 nitrogen and oxygen atoms in total. The second-order valence-corrected chi connectivity index (χ2v) is 31.0. The van der Waals surface area contributed by atoms with E-state index in [-0.39, 0.29) is 31.2 Å². The van der Waals surface area contributed by atoms with Gasteiger partial charge in [0.1, 0.15) is 0 Å². The Hall–Kier alpha value is -13.6. The van der Waals surface area contributed by atoms with E-state index in [2.05, 4.69) is 203 Å². The Morgan fingerprint density at radius 3 is 1.00 bits per heavy atom. The number of halogens is 6. The molecule has 5 aromatic heterocycles. The maximum absolute atomic E-state index is 15.0. The zero-order valence-electron chi connectivity index (χ0n) is 65.0. The molecular weight excluding hydrogens is 1660 g/mol. The molecule has 119 heavy (non-hydrogen) atoms. The van der Waals surface area contributed by atoms with Gasteiger partial charge in [0.25, 0.3) is 0 Å². The first-order valence-corrected chi connectivity index (χ1v) is 39.1. The van der Waals surface area contributed by atoms with Gasteiger partial charge in [-0.15, -0.1) is 71.3 Å². The number of fused-ring (bicyclic) bond motifs is 6. The standard InChI is InChI=1S/C107H72F6N5.Ir/c1-104(2,106(108,109)110)79-53-56-115-96(66-79)74-44-49-90(102(64-74)117-98-41-22-20-38-88(98)93-61-71(46-51-100(93)117)68-26-8-5-9-27-68)85-36-18-15-33-82(85)77-58-76(81-32-14-17-35-84(81)87-48-43-73(95-40-24-25-55-114-95)63-92(87)70-30-12-7-13-31-70)59-78(60-77)83-34-16-19-37-86(83)91-50-45-75(97-67-80(54-57-116-97)105(3,4)107(111,112)113)65-103(91)118-99-42-23-21-39-89(99)94-62-72(47-52-101(94)118)69-28-10-6-11-29-69;/h5-42,46-67H,1-4H3;/q-3;+3. The Kier molecular flexibility index (Phi) is 19.8. The number of aromatic nitrogens is 5. The summed E-state index contributed by atoms with van der Waals surface area (Å²) in [6.07, 6.45) is -4.43. The van der Waals surface area contributed by atoms with Crippen LogP contribution in [-0.2, 0) is 30.9 Å². The molecule has 0 radical (unpaired) electrons. The summed E-state index contributed by atoms with van der Waals surface area (Å²) in [7, 11) is 0. The zero-order chi connectivity index (χ0) is 80.6. The van der Waals surface area contributed by atoms with E-state index in [0.717, 1.165) is 166 Å². The maximum atomic E-state index is 15.0. The van der Waals surface area contributed by atoms with Crippen LogP contribution in [0.1, 0.15) is 38.8 Å². The summed E-state index contributed by atoms with van der Waals surface area (Å²) >= 11 is 0. The van der Waals surface area contributed by atoms with Crippen molar-refractivity contribution in [2.45, 2.75) is 50.9 Å². The van der Waals surface area contributed by atoms with Crippen LogP contribution in [0.25, 0.3) is 189 Å². The predicted molar refractivity (Wildman–Crippen MR) is 468 cm³/mol. The van der Waals surface area contributed by atoms with E-state index in [1.165, 1.54) is 64.4 Å². The number of rotatable bonds is 16. The number of nitrogens with zero attached hydrogens (tertiary/aromatic N) is 5. The molecule has 0 atom stereocenters. The van der Waals surface area contributed by atoms with Crippen molar-refractivity contribution in [1.82, 2.24) is 24.1 Å². The summed E-state index contributed by atoms with van der Waals surface area (Å²) < 4.78 is 94.7. The monoisotopic (exact) mass is 1730 g/mol. The summed E-state index contributed by atoms with van der Waals surface area (Å²) in [5.41, 5.74) is 20.8. The summed E-state index contributed by atoms with van der Waals surface area (Å²) in [6.45, 7) is 4.77. The molecule has 0 aliphatic carbocycles. The van der Waals surface area contributed by atoms with Gasteiger partial charge in [0.15, 0.2) is 0 Å². The van der Waals surface area contributed by atoms with E-state index < -0.39 is 23.2 Å². The van der Waals surface area contributed by atoms with E-state index in [9.17, 15) is 0 Å². The largest absolute Gasteiger partial charge is 3.00 e. The van der Waals surface area contributed by atoms with E-state index in [1.54, 1.807) is 6.20 Å². The van der Waals surface area contributed by atoms with Gasteiger partial charge in [-0.2, -0.15) is 26.3 Å². The van der Waals surface area contributed by atoms with E-state index in [0.29, 0.717) is 22.5 Å². The summed E-state index contributed by atoms with van der Waals surface area (Å²) in [5.74, 6) is 0. The fourth-order valence-electron chi connectivity index (χ4n) is 16.6. The van der Waals surface area contributed by atoms with Gasteiger partial charge in [0.05, 0.1) is 32.9 Å². The molecule has 0 spiro atoms. The molecule has 19 rings (SSSR count). The Balaban J connectivity index is 0.00000973. The summed E-state index contributed by atoms with van der Waals surface area (Å²) in [4.78, 5) is 14.3. The number of alkyl halides is 6. The van der Waals surface area contributed by atoms with Crippen LogP contribution in [-0.4, -0.2) is 36.4 Å². The van der Waals surface area contributed by atoms with Crippen LogP contribution in [0.5, 0.6) is 0 Å². The van der Waals surface area contributed by atoms with Crippen LogP contribution in [0.4, 0.5) is 26.3 Å². The van der Waals surface area contributed by atoms with Crippen molar-refractivity contribution in [1.29, 1.82) is 0 Å². The molecule has 5 heterocycles. The summed E-state index contributed by atoms with van der Waals surface area (Å²) in [6, 6.07) is 127. The molecule has 0 aliphatic heterocycles. The van der Waals surface area contributed by atoms with Gasteiger partial charge < -0.3 is 24.1 Å². The number of pyridine rings is 3. The Morgan fingerprint density at radius 1 is 0.244 bits per heavy atom. The molecule has 0 aliphatic rings. The molecule has 0 N–H and O–H groups in total. The van der Waals surface area contributed by atoms with Gasteiger partial charge in [-0.1, -0.05) is 276 Å². The van der Waals surface area contributed by atoms with Crippen LogP contribution in [0.15, 0.2) is 364 Å². The van der Waals surface area contributed by atoms with E-state index in [4.69, 9.17) is 15.0 Å². The van der Waals surface area contributed by atoms with Crippen LogP contribution in [0.2, 0.25) is 0 Å². The molecule has 0 amide bonds. The Labute approximate surface area is 699 Å². The first-order valence-electron chi connectivity index (χ1n) is 39.1. The molecule has 14 aromatic carbocycles. The van der Waals surface area contributed by atoms with Gasteiger partial charge in [-0.3, -0.25) is 0 Å². The molecule has 0 saturated carbocycles. The summed E-state index contributed by atoms with van der Waals surface area (Å²) in [5, 5.41) is 4.03. The normalized spacial score (nSPS) is 12.1. The fraction of sp³-hybridized carbons (Fsp3) is 0.0748. The molecule has 0 fully saturated rings. The topological polar surface area (TPSA) is 48.5 Å². The third-order valence-corrected chi connectivity index (χ3v) is 23.3. The SMILES string of the molecule is CC(C)(c1ccnc(-c2[c-]cc(-c3ccccc3-c3cc(-c4ccccc4-c4c[c-]c(-c5ccccn5)cc4-c4ccccc4)cc(-c4ccccc4-c4c[c-]c(-c5cc(C(C)(C)C(F)(F)F)ccn5)cc4-n4c5ccccc5c5cc(-c6ccccc6)ccc54)c3)c(-n3c4ccccc4c4cc(-c5ccccc5)ccc43)c2)c1)C(F)(F)F.[Ir+3]. The number of hydrogen-bond acceptors (Lipinski definition) is 3. The smallest absolute Gasteiger partial charge is 0.326 e. The van der Waals surface area contributed by atoms with E-state index >= 15 is 26.3 Å². The van der Waals surface area contributed by atoms with Crippen LogP contribution in [0.3, 0.4) is 0 Å². The van der Waals surface area contributed by atoms with Crippen molar-refractivity contribution in [2.24, 2.45) is 0 Å². The number of para-hydroxylation sites is 2. The first-order chi connectivity index (χ1) is 57.3. The third-order valence-electron chi connectivity index (χ3n) is 23.3. The predicted octanol–water partition coefficient (Wildman–Crippen LogP) is 29.1. The van der Waals surface area contributed by atoms with Crippen LogP contribution >= 0.6 is 0 Å². The van der Waals surface area contributed by atoms with Gasteiger partial charge in [0.2, 0.25) is 0 Å². The molecule has 12 heteroatoms. The third kappa shape index (κ3) is 13.9. The van der Waals surface area contributed by atoms with Crippen molar-refractivity contribution < 1.29 is 46.4 Å². The van der Waals surface area contributed by atoms with Crippen molar-refractivity contribution in [3.05, 3.63) is 394 Å². The van der Waals surface area contributed by atoms with Crippen molar-refractivity contribution in [2.75, 3.05) is 0 Å². The minimum atomic E-state index is -4.56.